The summed E-state index contributed by atoms with van der Waals surface area (Å²) in [6.45, 7) is 9.74. The molecule has 4 aromatic rings. The van der Waals surface area contributed by atoms with Crippen LogP contribution in [-0.2, 0) is 9.59 Å². The molecule has 64 heavy (non-hydrogen) atoms. The SMILES string of the molecule is CCC(=O)Nc1cccc(-n2c(=O)cc(C)c3cnc(Nc4ccc(N5CCN(CCCCCCCCCCCCNC(=O)CC67CC8CC(CC(C8)C6)C7)CC5)cc4OC)nc32)c1. The topological polar surface area (TPSA) is 134 Å². The minimum Gasteiger partial charge on any atom is -0.494 e. The summed E-state index contributed by atoms with van der Waals surface area (Å²) in [5.41, 5.74) is 4.43. The molecule has 5 fully saturated rings. The van der Waals surface area contributed by atoms with Crippen molar-refractivity contribution in [2.75, 3.05) is 61.9 Å². The van der Waals surface area contributed by atoms with Gasteiger partial charge in [-0.15, -0.1) is 0 Å². The molecular weight excluding hydrogens is 801 g/mol. The van der Waals surface area contributed by atoms with Gasteiger partial charge in [0.05, 0.1) is 18.5 Å². The number of anilines is 4. The van der Waals surface area contributed by atoms with E-state index in [-0.39, 0.29) is 11.5 Å². The number of methoxy groups -OCH3 is 1. The second-order valence-corrected chi connectivity index (χ2v) is 19.7. The first-order valence-electron chi connectivity index (χ1n) is 24.7. The van der Waals surface area contributed by atoms with Crippen molar-refractivity contribution >= 4 is 45.9 Å². The third-order valence-electron chi connectivity index (χ3n) is 14.8. The molecule has 12 heteroatoms. The van der Waals surface area contributed by atoms with Gasteiger partial charge in [0.2, 0.25) is 17.8 Å². The monoisotopic (exact) mass is 873 g/mol. The van der Waals surface area contributed by atoms with Gasteiger partial charge in [-0.25, -0.2) is 4.98 Å². The van der Waals surface area contributed by atoms with Crippen LogP contribution in [0.2, 0.25) is 0 Å². The van der Waals surface area contributed by atoms with Crippen molar-refractivity contribution in [3.63, 3.8) is 0 Å². The normalized spacial score (nSPS) is 21.6. The van der Waals surface area contributed by atoms with E-state index in [1.54, 1.807) is 43.0 Å². The Kier molecular flexibility index (Phi) is 15.2. The van der Waals surface area contributed by atoms with Crippen molar-refractivity contribution in [2.24, 2.45) is 23.2 Å². The maximum Gasteiger partial charge on any atom is 0.257 e. The average molecular weight is 873 g/mol. The van der Waals surface area contributed by atoms with Crippen LogP contribution in [0.15, 0.2) is 59.5 Å². The fourth-order valence-corrected chi connectivity index (χ4v) is 11.9. The van der Waals surface area contributed by atoms with Gasteiger partial charge in [-0.2, -0.15) is 4.98 Å². The highest BCUT2D eigenvalue weighted by Gasteiger charge is 2.51. The van der Waals surface area contributed by atoms with Crippen molar-refractivity contribution in [2.45, 2.75) is 129 Å². The quantitative estimate of drug-likeness (QED) is 0.0660. The maximum absolute atomic E-state index is 13.4. The highest BCUT2D eigenvalue weighted by molar-refractivity contribution is 5.91. The van der Waals surface area contributed by atoms with E-state index in [1.165, 1.54) is 103 Å². The fraction of sp³-hybridized carbons (Fsp3) is 0.596. The number of aromatic nitrogens is 3. The Morgan fingerprint density at radius 2 is 1.47 bits per heavy atom. The zero-order valence-electron chi connectivity index (χ0n) is 38.8. The van der Waals surface area contributed by atoms with E-state index >= 15 is 0 Å². The first kappa shape index (κ1) is 45.6. The number of nitrogens with one attached hydrogen (secondary N) is 3. The number of pyridine rings is 1. The van der Waals surface area contributed by atoms with Crippen molar-refractivity contribution in [3.8, 4) is 11.4 Å². The Hall–Kier alpha value is -4.97. The summed E-state index contributed by atoms with van der Waals surface area (Å²) in [6.07, 6.45) is 24.0. The fourth-order valence-electron chi connectivity index (χ4n) is 11.9. The summed E-state index contributed by atoms with van der Waals surface area (Å²) >= 11 is 0. The van der Waals surface area contributed by atoms with Gasteiger partial charge in [0.15, 0.2) is 5.65 Å². The largest absolute Gasteiger partial charge is 0.494 e. The van der Waals surface area contributed by atoms with E-state index in [2.05, 4.69) is 42.9 Å². The van der Waals surface area contributed by atoms with Crippen LogP contribution in [0.3, 0.4) is 0 Å². The predicted octanol–water partition coefficient (Wildman–Crippen LogP) is 9.94. The lowest BCUT2D eigenvalue weighted by atomic mass is 9.49. The number of unbranched alkanes of at least 4 members (excludes halogenated alkanes) is 9. The Morgan fingerprint density at radius 1 is 0.797 bits per heavy atom. The van der Waals surface area contributed by atoms with Gasteiger partial charge < -0.3 is 25.6 Å². The summed E-state index contributed by atoms with van der Waals surface area (Å²) in [4.78, 5) is 52.7. The molecule has 4 aliphatic carbocycles. The number of hydrogen-bond acceptors (Lipinski definition) is 9. The van der Waals surface area contributed by atoms with E-state index in [0.717, 1.165) is 85.6 Å². The summed E-state index contributed by atoms with van der Waals surface area (Å²) < 4.78 is 7.40. The molecule has 4 saturated carbocycles. The molecule has 9 rings (SSSR count). The van der Waals surface area contributed by atoms with Crippen LogP contribution in [0, 0.1) is 30.1 Å². The van der Waals surface area contributed by atoms with Crippen LogP contribution in [0.5, 0.6) is 5.75 Å². The number of piperazine rings is 1. The zero-order valence-corrected chi connectivity index (χ0v) is 38.8. The molecule has 1 aliphatic heterocycles. The first-order valence-corrected chi connectivity index (χ1v) is 24.7. The number of ether oxygens (including phenoxy) is 1. The molecule has 2 amide bonds. The van der Waals surface area contributed by atoms with Gasteiger partial charge in [0, 0.05) is 80.7 Å². The minimum atomic E-state index is -0.223. The van der Waals surface area contributed by atoms with Gasteiger partial charge >= 0.3 is 0 Å². The van der Waals surface area contributed by atoms with Crippen LogP contribution in [0.4, 0.5) is 23.0 Å². The number of aryl methyl sites for hydroxylation is 1. The van der Waals surface area contributed by atoms with E-state index in [0.29, 0.717) is 46.5 Å². The van der Waals surface area contributed by atoms with Crippen molar-refractivity contribution in [3.05, 3.63) is 70.6 Å². The molecule has 344 valence electrons. The van der Waals surface area contributed by atoms with Gasteiger partial charge in [0.1, 0.15) is 5.75 Å². The smallest absolute Gasteiger partial charge is 0.257 e. The van der Waals surface area contributed by atoms with Crippen LogP contribution in [-0.4, -0.2) is 77.6 Å². The molecule has 4 bridgehead atoms. The number of nitrogens with zero attached hydrogens (tertiary/aromatic N) is 5. The Balaban J connectivity index is 0.710. The Morgan fingerprint density at radius 3 is 2.14 bits per heavy atom. The van der Waals surface area contributed by atoms with Crippen LogP contribution >= 0.6 is 0 Å². The van der Waals surface area contributed by atoms with Gasteiger partial charge in [-0.1, -0.05) is 64.4 Å². The number of amides is 2. The lowest BCUT2D eigenvalue weighted by Crippen LogP contribution is -2.48. The number of carbonyl (C=O) groups is 2. The number of carbonyl (C=O) groups excluding carboxylic acids is 2. The Bertz CT molecular complexity index is 2250. The molecule has 3 N–H and O–H groups in total. The molecule has 0 spiro atoms. The average Bonchev–Trinajstić information content (AvgIpc) is 3.27. The predicted molar refractivity (Wildman–Crippen MR) is 258 cm³/mol. The molecule has 1 saturated heterocycles. The van der Waals surface area contributed by atoms with Crippen LogP contribution < -0.4 is 31.1 Å². The van der Waals surface area contributed by atoms with Crippen LogP contribution in [0.25, 0.3) is 16.7 Å². The standard InChI is InChI=1S/C52H72N8O4/c1-4-47(61)55-41-16-15-17-43(30-41)60-49(63)26-37(2)44-36-54-51(57-50(44)60)56-45-19-18-42(31-46(45)64-3)59-24-22-58(23-25-59)21-14-12-10-8-6-5-7-9-11-13-20-53-48(62)35-52-32-38-27-39(33-52)29-40(28-38)34-52/h15-19,26,30-31,36,38-40H,4-14,20-25,27-29,32-35H2,1-3H3,(H,53,62)(H,55,61)(H,54,56,57). The second-order valence-electron chi connectivity index (χ2n) is 19.7. The molecule has 0 atom stereocenters. The number of rotatable bonds is 22. The molecule has 2 aromatic carbocycles. The van der Waals surface area contributed by atoms with E-state index < -0.39 is 0 Å². The number of hydrogen-bond donors (Lipinski definition) is 3. The molecule has 3 heterocycles. The molecule has 2 aromatic heterocycles. The van der Waals surface area contributed by atoms with E-state index in [9.17, 15) is 14.4 Å². The molecule has 0 radical (unpaired) electrons. The van der Waals surface area contributed by atoms with Gasteiger partial charge in [-0.3, -0.25) is 23.9 Å². The second kappa shape index (κ2) is 21.3. The summed E-state index contributed by atoms with van der Waals surface area (Å²) in [5, 5.41) is 10.2. The minimum absolute atomic E-state index is 0.101. The summed E-state index contributed by atoms with van der Waals surface area (Å²) in [5.74, 6) is 4.00. The summed E-state index contributed by atoms with van der Waals surface area (Å²) in [7, 11) is 1.67. The number of fused-ring (bicyclic) bond motifs is 1. The highest BCUT2D eigenvalue weighted by atomic mass is 16.5. The van der Waals surface area contributed by atoms with E-state index in [4.69, 9.17) is 9.72 Å². The van der Waals surface area contributed by atoms with Crippen molar-refractivity contribution < 1.29 is 14.3 Å². The van der Waals surface area contributed by atoms with Crippen molar-refractivity contribution in [1.82, 2.24) is 24.8 Å². The molecule has 12 nitrogen and oxygen atoms in total. The lowest BCUT2D eigenvalue weighted by molar-refractivity contribution is -0.129. The maximum atomic E-state index is 13.4. The summed E-state index contributed by atoms with van der Waals surface area (Å²) in [6, 6.07) is 15.0. The van der Waals surface area contributed by atoms with Gasteiger partial charge in [-0.05, 0) is 124 Å². The number of benzene rings is 2. The third kappa shape index (κ3) is 11.5. The third-order valence-corrected chi connectivity index (χ3v) is 14.8. The molecule has 5 aliphatic rings. The van der Waals surface area contributed by atoms with Crippen molar-refractivity contribution in [1.29, 1.82) is 0 Å². The van der Waals surface area contributed by atoms with Crippen LogP contribution in [0.1, 0.15) is 128 Å². The van der Waals surface area contributed by atoms with Gasteiger partial charge in [0.25, 0.3) is 5.56 Å². The Labute approximate surface area is 380 Å². The molecular formula is C52H72N8O4. The first-order chi connectivity index (χ1) is 31.2. The zero-order chi connectivity index (χ0) is 44.5. The lowest BCUT2D eigenvalue weighted by Gasteiger charge is -2.56. The highest BCUT2D eigenvalue weighted by Crippen LogP contribution is 2.61. The molecule has 0 unspecified atom stereocenters. The van der Waals surface area contributed by atoms with E-state index in [1.807, 2.05) is 25.1 Å².